The number of hydrogen-bond acceptors (Lipinski definition) is 5. The third kappa shape index (κ3) is 3.22. The summed E-state index contributed by atoms with van der Waals surface area (Å²) in [6.45, 7) is 2.89. The van der Waals surface area contributed by atoms with Gasteiger partial charge < -0.3 is 5.32 Å². The standard InChI is InChI=1S/C18H16N4O2/c1-2-19-13-7-9-14(10-8-13)20-21-17-11-12-18(22(23)24)16-6-4-3-5-15(16)17/h3-12,19H,2H2,1H3. The van der Waals surface area contributed by atoms with Gasteiger partial charge in [0, 0.05) is 23.7 Å². The molecule has 1 N–H and O–H groups in total. The summed E-state index contributed by atoms with van der Waals surface area (Å²) < 4.78 is 0. The minimum atomic E-state index is -0.386. The molecule has 0 unspecified atom stereocenters. The van der Waals surface area contributed by atoms with Gasteiger partial charge in [0.15, 0.2) is 0 Å². The van der Waals surface area contributed by atoms with Gasteiger partial charge in [-0.1, -0.05) is 18.2 Å². The zero-order valence-corrected chi connectivity index (χ0v) is 13.1. The van der Waals surface area contributed by atoms with Crippen molar-refractivity contribution in [1.29, 1.82) is 0 Å². The van der Waals surface area contributed by atoms with E-state index in [1.165, 1.54) is 6.07 Å². The summed E-state index contributed by atoms with van der Waals surface area (Å²) >= 11 is 0. The van der Waals surface area contributed by atoms with Crippen LogP contribution >= 0.6 is 0 Å². The lowest BCUT2D eigenvalue weighted by Crippen LogP contribution is -1.94. The van der Waals surface area contributed by atoms with Crippen LogP contribution in [0.2, 0.25) is 0 Å². The molecule has 6 nitrogen and oxygen atoms in total. The highest BCUT2D eigenvalue weighted by Gasteiger charge is 2.13. The Morgan fingerprint density at radius 1 is 0.958 bits per heavy atom. The first kappa shape index (κ1) is 15.6. The molecule has 0 aliphatic carbocycles. The van der Waals surface area contributed by atoms with E-state index < -0.39 is 0 Å². The van der Waals surface area contributed by atoms with E-state index in [2.05, 4.69) is 15.5 Å². The van der Waals surface area contributed by atoms with Crippen LogP contribution in [0.1, 0.15) is 6.92 Å². The molecule has 6 heteroatoms. The van der Waals surface area contributed by atoms with Gasteiger partial charge in [0.25, 0.3) is 5.69 Å². The lowest BCUT2D eigenvalue weighted by atomic mass is 10.1. The van der Waals surface area contributed by atoms with Gasteiger partial charge in [0.05, 0.1) is 21.7 Å². The molecule has 0 bridgehead atoms. The Balaban J connectivity index is 1.95. The predicted octanol–water partition coefficient (Wildman–Crippen LogP) is 5.60. The number of non-ortho nitro benzene ring substituents is 1. The first-order valence-electron chi connectivity index (χ1n) is 7.61. The van der Waals surface area contributed by atoms with Crippen molar-refractivity contribution in [2.24, 2.45) is 10.2 Å². The predicted molar refractivity (Wildman–Crippen MR) is 95.4 cm³/mol. The Labute approximate surface area is 139 Å². The Hall–Kier alpha value is -3.28. The summed E-state index contributed by atoms with van der Waals surface area (Å²) in [4.78, 5) is 10.8. The van der Waals surface area contributed by atoms with E-state index in [0.29, 0.717) is 16.5 Å². The van der Waals surface area contributed by atoms with Crippen LogP contribution in [0, 0.1) is 10.1 Å². The second kappa shape index (κ2) is 6.87. The van der Waals surface area contributed by atoms with Crippen molar-refractivity contribution in [3.63, 3.8) is 0 Å². The van der Waals surface area contributed by atoms with Crippen molar-refractivity contribution in [3.05, 3.63) is 70.8 Å². The monoisotopic (exact) mass is 320 g/mol. The summed E-state index contributed by atoms with van der Waals surface area (Å²) in [5.74, 6) is 0. The summed E-state index contributed by atoms with van der Waals surface area (Å²) in [6.07, 6.45) is 0. The summed E-state index contributed by atoms with van der Waals surface area (Å²) in [5.41, 5.74) is 2.42. The highest BCUT2D eigenvalue weighted by Crippen LogP contribution is 2.33. The minimum absolute atomic E-state index is 0.0690. The van der Waals surface area contributed by atoms with Gasteiger partial charge >= 0.3 is 0 Å². The third-order valence-corrected chi connectivity index (χ3v) is 3.60. The van der Waals surface area contributed by atoms with E-state index in [-0.39, 0.29) is 10.6 Å². The first-order chi connectivity index (χ1) is 11.7. The molecular formula is C18H16N4O2. The van der Waals surface area contributed by atoms with Crippen LogP contribution < -0.4 is 5.32 Å². The van der Waals surface area contributed by atoms with Gasteiger partial charge in [-0.3, -0.25) is 10.1 Å². The molecule has 3 aromatic carbocycles. The van der Waals surface area contributed by atoms with Gasteiger partial charge in [-0.15, -0.1) is 5.11 Å². The van der Waals surface area contributed by atoms with Gasteiger partial charge in [0.2, 0.25) is 0 Å². The first-order valence-corrected chi connectivity index (χ1v) is 7.61. The molecule has 120 valence electrons. The van der Waals surface area contributed by atoms with Crippen molar-refractivity contribution in [3.8, 4) is 0 Å². The second-order valence-electron chi connectivity index (χ2n) is 5.18. The number of fused-ring (bicyclic) bond motifs is 1. The molecule has 0 aromatic heterocycles. The van der Waals surface area contributed by atoms with Crippen LogP contribution in [0.25, 0.3) is 10.8 Å². The van der Waals surface area contributed by atoms with Crippen molar-refractivity contribution in [2.75, 3.05) is 11.9 Å². The fraction of sp³-hybridized carbons (Fsp3) is 0.111. The van der Waals surface area contributed by atoms with Crippen LogP contribution in [0.5, 0.6) is 0 Å². The number of nitro benzene ring substituents is 1. The summed E-state index contributed by atoms with van der Waals surface area (Å²) in [7, 11) is 0. The SMILES string of the molecule is CCNc1ccc(N=Nc2ccc([N+](=O)[O-])c3ccccc23)cc1. The maximum atomic E-state index is 11.1. The highest BCUT2D eigenvalue weighted by atomic mass is 16.6. The number of anilines is 1. The number of hydrogen-bond donors (Lipinski definition) is 1. The molecule has 3 aromatic rings. The fourth-order valence-corrected chi connectivity index (χ4v) is 2.48. The van der Waals surface area contributed by atoms with Crippen LogP contribution in [0.4, 0.5) is 22.7 Å². The van der Waals surface area contributed by atoms with Crippen molar-refractivity contribution < 1.29 is 4.92 Å². The molecule has 0 amide bonds. The van der Waals surface area contributed by atoms with Gasteiger partial charge in [-0.05, 0) is 43.3 Å². The van der Waals surface area contributed by atoms with E-state index in [9.17, 15) is 10.1 Å². The molecule has 0 saturated carbocycles. The minimum Gasteiger partial charge on any atom is -0.385 e. The van der Waals surface area contributed by atoms with E-state index in [1.807, 2.05) is 43.3 Å². The second-order valence-corrected chi connectivity index (χ2v) is 5.18. The number of azo groups is 1. The number of nitrogens with zero attached hydrogens (tertiary/aromatic N) is 3. The lowest BCUT2D eigenvalue weighted by Gasteiger charge is -2.03. The molecule has 3 rings (SSSR count). The van der Waals surface area contributed by atoms with Gasteiger partial charge in [-0.25, -0.2) is 0 Å². The Morgan fingerprint density at radius 3 is 2.33 bits per heavy atom. The number of benzene rings is 3. The largest absolute Gasteiger partial charge is 0.385 e. The average molecular weight is 320 g/mol. The van der Waals surface area contributed by atoms with E-state index in [1.54, 1.807) is 18.2 Å². The molecule has 0 aliphatic heterocycles. The highest BCUT2D eigenvalue weighted by molar-refractivity contribution is 5.98. The van der Waals surface area contributed by atoms with Gasteiger partial charge in [-0.2, -0.15) is 5.11 Å². The Bertz CT molecular complexity index is 905. The summed E-state index contributed by atoms with van der Waals surface area (Å²) in [6, 6.07) is 17.8. The molecular weight excluding hydrogens is 304 g/mol. The fourth-order valence-electron chi connectivity index (χ4n) is 2.48. The Morgan fingerprint density at radius 2 is 1.67 bits per heavy atom. The molecule has 0 fully saturated rings. The number of nitro groups is 1. The quantitative estimate of drug-likeness (QED) is 0.378. The molecule has 0 spiro atoms. The molecule has 0 saturated heterocycles. The molecule has 0 atom stereocenters. The normalized spacial score (nSPS) is 11.0. The van der Waals surface area contributed by atoms with Crippen molar-refractivity contribution in [1.82, 2.24) is 0 Å². The van der Waals surface area contributed by atoms with Crippen molar-refractivity contribution in [2.45, 2.75) is 6.92 Å². The Kier molecular flexibility index (Phi) is 4.47. The summed E-state index contributed by atoms with van der Waals surface area (Å²) in [5, 5.41) is 24.1. The maximum Gasteiger partial charge on any atom is 0.277 e. The molecule has 0 radical (unpaired) electrons. The molecule has 0 heterocycles. The molecule has 0 aliphatic rings. The van der Waals surface area contributed by atoms with E-state index in [4.69, 9.17) is 0 Å². The van der Waals surface area contributed by atoms with Crippen LogP contribution in [0.15, 0.2) is 70.9 Å². The zero-order valence-electron chi connectivity index (χ0n) is 13.1. The topological polar surface area (TPSA) is 79.9 Å². The van der Waals surface area contributed by atoms with Crippen LogP contribution in [-0.2, 0) is 0 Å². The van der Waals surface area contributed by atoms with Gasteiger partial charge in [0.1, 0.15) is 0 Å². The van der Waals surface area contributed by atoms with Crippen LogP contribution in [0.3, 0.4) is 0 Å². The zero-order chi connectivity index (χ0) is 16.9. The van der Waals surface area contributed by atoms with E-state index in [0.717, 1.165) is 17.9 Å². The smallest absolute Gasteiger partial charge is 0.277 e. The average Bonchev–Trinajstić information content (AvgIpc) is 2.61. The van der Waals surface area contributed by atoms with E-state index >= 15 is 0 Å². The number of nitrogens with one attached hydrogen (secondary N) is 1. The maximum absolute atomic E-state index is 11.1. The lowest BCUT2D eigenvalue weighted by molar-refractivity contribution is -0.383. The third-order valence-electron chi connectivity index (χ3n) is 3.60. The van der Waals surface area contributed by atoms with Crippen LogP contribution in [-0.4, -0.2) is 11.5 Å². The molecule has 24 heavy (non-hydrogen) atoms. The number of rotatable bonds is 5. The van der Waals surface area contributed by atoms with Crippen molar-refractivity contribution >= 4 is 33.5 Å².